The van der Waals surface area contributed by atoms with Crippen LogP contribution >= 0.6 is 15.9 Å². The van der Waals surface area contributed by atoms with Crippen LogP contribution in [0.2, 0.25) is 0 Å². The largest absolute Gasteiger partial charge is 0.503 e. The van der Waals surface area contributed by atoms with Crippen LogP contribution in [0.25, 0.3) is 5.57 Å². The number of aromatic hydroxyl groups is 1. The monoisotopic (exact) mass is 651 g/mol. The third-order valence-electron chi connectivity index (χ3n) is 10.2. The maximum atomic E-state index is 15.0. The summed E-state index contributed by atoms with van der Waals surface area (Å²) in [6, 6.07) is 22.0. The van der Waals surface area contributed by atoms with E-state index in [1.165, 1.54) is 25.1 Å². The highest BCUT2D eigenvalue weighted by Crippen LogP contribution is 2.64. The number of carbonyl (C=O) groups excluding carboxylic acids is 4. The lowest BCUT2D eigenvalue weighted by atomic mass is 9.44. The lowest BCUT2D eigenvalue weighted by Gasteiger charge is -2.55. The fraction of sp³-hybridized carbons (Fsp3) is 0.278. The molecule has 2 fully saturated rings. The molecule has 3 aliphatic carbocycles. The fourth-order valence-electron chi connectivity index (χ4n) is 8.32. The zero-order chi connectivity index (χ0) is 30.9. The van der Waals surface area contributed by atoms with Crippen LogP contribution in [0.15, 0.2) is 95.0 Å². The highest BCUT2D eigenvalue weighted by molar-refractivity contribution is 9.10. The number of hydrogen-bond acceptors (Lipinski definition) is 6. The van der Waals surface area contributed by atoms with E-state index in [2.05, 4.69) is 15.9 Å². The number of methoxy groups -OCH3 is 1. The third kappa shape index (κ3) is 3.86. The number of nitrogens with zero attached hydrogens (tertiary/aromatic N) is 1. The highest BCUT2D eigenvalue weighted by Gasteiger charge is 2.65. The Labute approximate surface area is 263 Å². The Morgan fingerprint density at radius 3 is 2.30 bits per heavy atom. The number of ketones is 2. The van der Waals surface area contributed by atoms with Crippen LogP contribution in [0.4, 0.5) is 0 Å². The molecule has 222 valence electrons. The number of likely N-dealkylation sites (tertiary alicyclic amines) is 1. The van der Waals surface area contributed by atoms with E-state index in [1.54, 1.807) is 12.1 Å². The quantitative estimate of drug-likeness (QED) is 0.290. The van der Waals surface area contributed by atoms with Crippen molar-refractivity contribution in [3.8, 4) is 11.5 Å². The van der Waals surface area contributed by atoms with E-state index in [1.807, 2.05) is 66.7 Å². The number of allylic oxidation sites excluding steroid dienone is 4. The van der Waals surface area contributed by atoms with E-state index in [0.29, 0.717) is 33.2 Å². The Morgan fingerprint density at radius 1 is 0.932 bits per heavy atom. The molecule has 7 nitrogen and oxygen atoms in total. The fourth-order valence-corrected chi connectivity index (χ4v) is 8.78. The molecule has 1 saturated carbocycles. The van der Waals surface area contributed by atoms with Crippen LogP contribution in [0.5, 0.6) is 11.5 Å². The van der Waals surface area contributed by atoms with Crippen molar-refractivity contribution in [2.75, 3.05) is 14.2 Å². The summed E-state index contributed by atoms with van der Waals surface area (Å²) in [5.74, 6) is -3.77. The van der Waals surface area contributed by atoms with Gasteiger partial charge in [-0.1, -0.05) is 72.3 Å². The lowest BCUT2D eigenvalue weighted by Crippen LogP contribution is -2.58. The van der Waals surface area contributed by atoms with Gasteiger partial charge in [-0.25, -0.2) is 0 Å². The van der Waals surface area contributed by atoms with E-state index < -0.39 is 35.0 Å². The van der Waals surface area contributed by atoms with Gasteiger partial charge in [-0.05, 0) is 69.6 Å². The number of phenolic OH excluding ortho intramolecular Hbond substituents is 1. The van der Waals surface area contributed by atoms with E-state index in [4.69, 9.17) is 4.74 Å². The summed E-state index contributed by atoms with van der Waals surface area (Å²) < 4.78 is 5.92. The molecule has 3 aromatic rings. The number of amides is 2. The van der Waals surface area contributed by atoms with E-state index in [-0.39, 0.29) is 41.3 Å². The Bertz CT molecular complexity index is 1800. The Balaban J connectivity index is 1.55. The van der Waals surface area contributed by atoms with Crippen molar-refractivity contribution in [1.29, 1.82) is 0 Å². The lowest BCUT2D eigenvalue weighted by molar-refractivity contribution is -0.139. The predicted octanol–water partition coefficient (Wildman–Crippen LogP) is 5.62. The smallest absolute Gasteiger partial charge is 0.233 e. The van der Waals surface area contributed by atoms with Gasteiger partial charge in [0.15, 0.2) is 23.1 Å². The van der Waals surface area contributed by atoms with Gasteiger partial charge in [-0.15, -0.1) is 0 Å². The van der Waals surface area contributed by atoms with Crippen LogP contribution < -0.4 is 4.74 Å². The van der Waals surface area contributed by atoms with Crippen LogP contribution in [0, 0.1) is 23.7 Å². The van der Waals surface area contributed by atoms with Gasteiger partial charge in [-0.2, -0.15) is 0 Å². The van der Waals surface area contributed by atoms with Gasteiger partial charge in [0.25, 0.3) is 0 Å². The first-order chi connectivity index (χ1) is 21.2. The molecular formula is C36H30BrNO6. The first kappa shape index (κ1) is 28.5. The maximum absolute atomic E-state index is 15.0. The normalized spacial score (nSPS) is 29.4. The SMILES string of the molecule is COc1cc([C@H]2C3=CC[C@@H]4C(=O)N(C)C(=O)[C@@H]4[C@@H]3C[C@H]3C(=O)C(c4ccccc4)=CC(=O)[C@@]23c2ccccc2)cc(Br)c1O. The van der Waals surface area contributed by atoms with Crippen molar-refractivity contribution < 1.29 is 29.0 Å². The number of rotatable bonds is 4. The molecule has 4 aliphatic rings. The molecule has 44 heavy (non-hydrogen) atoms. The molecule has 0 aromatic heterocycles. The van der Waals surface area contributed by atoms with E-state index >= 15 is 0 Å². The molecule has 6 atom stereocenters. The zero-order valence-corrected chi connectivity index (χ0v) is 25.8. The topological polar surface area (TPSA) is 101 Å². The van der Waals surface area contributed by atoms with Gasteiger partial charge >= 0.3 is 0 Å². The zero-order valence-electron chi connectivity index (χ0n) is 24.2. The Kier molecular flexibility index (Phi) is 6.73. The molecule has 2 amide bonds. The number of imide groups is 1. The molecule has 1 aliphatic heterocycles. The van der Waals surface area contributed by atoms with Crippen LogP contribution in [0.3, 0.4) is 0 Å². The summed E-state index contributed by atoms with van der Waals surface area (Å²) in [7, 11) is 2.97. The van der Waals surface area contributed by atoms with Gasteiger partial charge in [-0.3, -0.25) is 24.1 Å². The minimum absolute atomic E-state index is 0.0814. The summed E-state index contributed by atoms with van der Waals surface area (Å²) in [4.78, 5) is 57.8. The molecule has 7 rings (SSSR count). The maximum Gasteiger partial charge on any atom is 0.233 e. The minimum Gasteiger partial charge on any atom is -0.503 e. The number of phenols is 1. The van der Waals surface area contributed by atoms with E-state index in [0.717, 1.165) is 5.57 Å². The first-order valence-electron chi connectivity index (χ1n) is 14.7. The van der Waals surface area contributed by atoms with Gasteiger partial charge < -0.3 is 9.84 Å². The molecule has 0 radical (unpaired) electrons. The number of hydrogen-bond donors (Lipinski definition) is 1. The Hall–Kier alpha value is -4.30. The van der Waals surface area contributed by atoms with Crippen LogP contribution in [0.1, 0.15) is 35.4 Å². The second-order valence-corrected chi connectivity index (χ2v) is 12.9. The van der Waals surface area contributed by atoms with Crippen molar-refractivity contribution >= 4 is 44.9 Å². The third-order valence-corrected chi connectivity index (χ3v) is 10.8. The highest BCUT2D eigenvalue weighted by atomic mass is 79.9. The molecular weight excluding hydrogens is 622 g/mol. The van der Waals surface area contributed by atoms with Gasteiger partial charge in [0, 0.05) is 24.5 Å². The molecule has 3 aromatic carbocycles. The van der Waals surface area contributed by atoms with Crippen molar-refractivity contribution in [3.63, 3.8) is 0 Å². The number of ether oxygens (including phenoxy) is 1. The molecule has 1 saturated heterocycles. The predicted molar refractivity (Wildman–Crippen MR) is 167 cm³/mol. The molecule has 0 bridgehead atoms. The second-order valence-electron chi connectivity index (χ2n) is 12.1. The van der Waals surface area contributed by atoms with E-state index in [9.17, 15) is 24.3 Å². The number of carbonyl (C=O) groups is 4. The molecule has 0 spiro atoms. The molecule has 1 heterocycles. The molecule has 1 N–H and O–H groups in total. The molecule has 0 unspecified atom stereocenters. The Morgan fingerprint density at radius 2 is 1.61 bits per heavy atom. The van der Waals surface area contributed by atoms with Crippen molar-refractivity contribution in [2.45, 2.75) is 24.2 Å². The summed E-state index contributed by atoms with van der Waals surface area (Å²) in [5, 5.41) is 10.7. The average molecular weight is 653 g/mol. The minimum atomic E-state index is -1.34. The summed E-state index contributed by atoms with van der Waals surface area (Å²) in [6.07, 6.45) is 4.12. The summed E-state index contributed by atoms with van der Waals surface area (Å²) >= 11 is 3.47. The first-order valence-corrected chi connectivity index (χ1v) is 15.5. The average Bonchev–Trinajstić information content (AvgIpc) is 3.27. The van der Waals surface area contributed by atoms with Crippen LogP contribution in [-0.2, 0) is 24.6 Å². The summed E-state index contributed by atoms with van der Waals surface area (Å²) in [6.45, 7) is 0. The standard InChI is InChI=1S/C36H30BrNO6/c1-38-34(42)23-14-13-22-25(30(23)35(38)43)17-26-32(40)24(19-9-5-3-6-10-19)18-29(39)36(26,21-11-7-4-8-12-21)31(22)20-15-27(37)33(41)28(16-20)44-2/h3-13,15-16,18,23,25-26,30-31,41H,14,17H2,1-2H3/t23-,25+,26-,30-,31-,36-/m0/s1. The van der Waals surface area contributed by atoms with Crippen LogP contribution in [-0.4, -0.2) is 47.5 Å². The number of Topliss-reactive ketones (excluding diaryl/α,β-unsaturated/α-hetero) is 1. The van der Waals surface area contributed by atoms with Crippen molar-refractivity contribution in [2.24, 2.45) is 23.7 Å². The molecule has 8 heteroatoms. The summed E-state index contributed by atoms with van der Waals surface area (Å²) in [5.41, 5.74) is 1.89. The second kappa shape index (κ2) is 10.4. The van der Waals surface area contributed by atoms with Crippen molar-refractivity contribution in [1.82, 2.24) is 4.90 Å². The number of halogens is 1. The number of benzene rings is 3. The van der Waals surface area contributed by atoms with Gasteiger partial charge in [0.1, 0.15) is 0 Å². The van der Waals surface area contributed by atoms with Gasteiger partial charge in [0.05, 0.1) is 28.8 Å². The van der Waals surface area contributed by atoms with Crippen molar-refractivity contribution in [3.05, 3.63) is 112 Å². The van der Waals surface area contributed by atoms with Gasteiger partial charge in [0.2, 0.25) is 11.8 Å². The number of fused-ring (bicyclic) bond motifs is 4.